The molecule has 0 amide bonds. The van der Waals surface area contributed by atoms with Gasteiger partial charge in [0.05, 0.1) is 0 Å². The molecule has 0 aliphatic heterocycles. The van der Waals surface area contributed by atoms with Crippen molar-refractivity contribution in [1.82, 2.24) is 9.97 Å². The number of aromatic amines is 1. The number of nitrogens with one attached hydrogen (secondary N) is 1. The van der Waals surface area contributed by atoms with Crippen molar-refractivity contribution in [3.63, 3.8) is 0 Å². The van der Waals surface area contributed by atoms with Crippen molar-refractivity contribution in [2.45, 2.75) is 45.6 Å². The normalized spacial score (nSPS) is 13.6. The van der Waals surface area contributed by atoms with E-state index in [0.717, 1.165) is 18.7 Å². The fraction of sp³-hybridized carbons (Fsp3) is 0.700. The molecule has 1 rings (SSSR count). The summed E-state index contributed by atoms with van der Waals surface area (Å²) in [6, 6.07) is 0.257. The highest BCUT2D eigenvalue weighted by Crippen LogP contribution is 2.11. The van der Waals surface area contributed by atoms with E-state index in [9.17, 15) is 0 Å². The van der Waals surface area contributed by atoms with Gasteiger partial charge >= 0.3 is 0 Å². The third-order valence-electron chi connectivity index (χ3n) is 2.11. The lowest BCUT2D eigenvalue weighted by Crippen LogP contribution is -2.15. The molecule has 0 radical (unpaired) electrons. The van der Waals surface area contributed by atoms with Gasteiger partial charge in [0.25, 0.3) is 0 Å². The summed E-state index contributed by atoms with van der Waals surface area (Å²) in [6.45, 7) is 6.33. The molecule has 0 fully saturated rings. The quantitative estimate of drug-likeness (QED) is 0.744. The highest BCUT2D eigenvalue weighted by atomic mass is 14.9. The van der Waals surface area contributed by atoms with Crippen LogP contribution in [0.3, 0.4) is 0 Å². The van der Waals surface area contributed by atoms with Crippen LogP contribution in [0.15, 0.2) is 6.20 Å². The van der Waals surface area contributed by atoms with Crippen LogP contribution >= 0.6 is 0 Å². The summed E-state index contributed by atoms with van der Waals surface area (Å²) >= 11 is 0. The Morgan fingerprint density at radius 3 is 2.62 bits per heavy atom. The molecule has 74 valence electrons. The van der Waals surface area contributed by atoms with Gasteiger partial charge in [-0.05, 0) is 19.3 Å². The van der Waals surface area contributed by atoms with Gasteiger partial charge in [0.15, 0.2) is 0 Å². The van der Waals surface area contributed by atoms with Gasteiger partial charge in [0, 0.05) is 24.4 Å². The van der Waals surface area contributed by atoms with E-state index < -0.39 is 0 Å². The lowest BCUT2D eigenvalue weighted by Gasteiger charge is -2.02. The van der Waals surface area contributed by atoms with Crippen LogP contribution in [0.1, 0.15) is 44.6 Å². The molecule has 1 aromatic rings. The van der Waals surface area contributed by atoms with E-state index in [4.69, 9.17) is 5.73 Å². The second-order valence-electron chi connectivity index (χ2n) is 3.96. The average Bonchev–Trinajstić information content (AvgIpc) is 2.48. The van der Waals surface area contributed by atoms with Gasteiger partial charge in [-0.3, -0.25) is 0 Å². The van der Waals surface area contributed by atoms with Crippen LogP contribution < -0.4 is 5.73 Å². The second-order valence-corrected chi connectivity index (χ2v) is 3.96. The molecule has 3 nitrogen and oxygen atoms in total. The van der Waals surface area contributed by atoms with Gasteiger partial charge in [0.2, 0.25) is 0 Å². The van der Waals surface area contributed by atoms with Crippen molar-refractivity contribution < 1.29 is 0 Å². The lowest BCUT2D eigenvalue weighted by atomic mass is 10.1. The van der Waals surface area contributed by atoms with Crippen molar-refractivity contribution in [1.29, 1.82) is 0 Å². The number of hydrogen-bond donors (Lipinski definition) is 2. The molecule has 0 bridgehead atoms. The van der Waals surface area contributed by atoms with E-state index in [1.807, 2.05) is 13.1 Å². The molecule has 1 aromatic heterocycles. The average molecular weight is 181 g/mol. The van der Waals surface area contributed by atoms with E-state index >= 15 is 0 Å². The maximum atomic E-state index is 5.67. The van der Waals surface area contributed by atoms with Gasteiger partial charge in [-0.2, -0.15) is 0 Å². The van der Waals surface area contributed by atoms with Gasteiger partial charge in [-0.25, -0.2) is 4.98 Å². The minimum Gasteiger partial charge on any atom is -0.346 e. The summed E-state index contributed by atoms with van der Waals surface area (Å²) in [4.78, 5) is 7.60. The molecule has 1 unspecified atom stereocenters. The first-order valence-corrected chi connectivity index (χ1v) is 4.89. The van der Waals surface area contributed by atoms with Crippen LogP contribution in [0.5, 0.6) is 0 Å². The molecule has 13 heavy (non-hydrogen) atoms. The Labute approximate surface area is 79.8 Å². The smallest absolute Gasteiger partial charge is 0.106 e. The molecule has 3 heteroatoms. The number of aromatic nitrogens is 2. The van der Waals surface area contributed by atoms with E-state index in [1.165, 1.54) is 5.69 Å². The zero-order valence-electron chi connectivity index (χ0n) is 8.67. The van der Waals surface area contributed by atoms with Crippen molar-refractivity contribution in [2.75, 3.05) is 0 Å². The number of hydrogen-bond acceptors (Lipinski definition) is 2. The predicted molar refractivity (Wildman–Crippen MR) is 54.6 cm³/mol. The molecule has 1 atom stereocenters. The number of aryl methyl sites for hydroxylation is 1. The maximum absolute atomic E-state index is 5.67. The number of nitrogens with zero attached hydrogens (tertiary/aromatic N) is 1. The molecule has 0 aliphatic rings. The minimum atomic E-state index is 0.257. The van der Waals surface area contributed by atoms with Crippen LogP contribution in [0.4, 0.5) is 0 Å². The second kappa shape index (κ2) is 4.42. The van der Waals surface area contributed by atoms with E-state index in [0.29, 0.717) is 5.92 Å². The molecular weight excluding hydrogens is 162 g/mol. The van der Waals surface area contributed by atoms with Crippen LogP contribution in [0.2, 0.25) is 0 Å². The lowest BCUT2D eigenvalue weighted by molar-refractivity contribution is 0.650. The van der Waals surface area contributed by atoms with E-state index in [-0.39, 0.29) is 6.04 Å². The van der Waals surface area contributed by atoms with Crippen LogP contribution in [-0.2, 0) is 6.42 Å². The largest absolute Gasteiger partial charge is 0.346 e. The molecule has 1 heterocycles. The number of H-pyrrole nitrogens is 1. The van der Waals surface area contributed by atoms with Crippen molar-refractivity contribution in [3.05, 3.63) is 17.7 Å². The van der Waals surface area contributed by atoms with Crippen molar-refractivity contribution in [2.24, 2.45) is 5.73 Å². The zero-order valence-corrected chi connectivity index (χ0v) is 8.67. The number of rotatable bonds is 4. The monoisotopic (exact) mass is 181 g/mol. The third-order valence-corrected chi connectivity index (χ3v) is 2.11. The van der Waals surface area contributed by atoms with Crippen LogP contribution in [-0.4, -0.2) is 16.0 Å². The highest BCUT2D eigenvalue weighted by Gasteiger charge is 2.04. The molecule has 0 spiro atoms. The van der Waals surface area contributed by atoms with Gasteiger partial charge in [-0.1, -0.05) is 13.8 Å². The molecule has 3 N–H and O–H groups in total. The van der Waals surface area contributed by atoms with E-state index in [1.54, 1.807) is 0 Å². The molecule has 0 aliphatic carbocycles. The SMILES string of the molecule is CC(N)CCc1ncc(C(C)C)[nH]1. The molecule has 0 saturated carbocycles. The first kappa shape index (κ1) is 10.3. The van der Waals surface area contributed by atoms with Crippen molar-refractivity contribution >= 4 is 0 Å². The Morgan fingerprint density at radius 2 is 2.15 bits per heavy atom. The first-order valence-electron chi connectivity index (χ1n) is 4.89. The van der Waals surface area contributed by atoms with Crippen LogP contribution in [0, 0.1) is 0 Å². The fourth-order valence-corrected chi connectivity index (χ4v) is 1.16. The van der Waals surface area contributed by atoms with E-state index in [2.05, 4.69) is 23.8 Å². The fourth-order valence-electron chi connectivity index (χ4n) is 1.16. The Balaban J connectivity index is 2.49. The summed E-state index contributed by atoms with van der Waals surface area (Å²) in [7, 11) is 0. The predicted octanol–water partition coefficient (Wildman–Crippen LogP) is 1.81. The molecule has 0 aromatic carbocycles. The maximum Gasteiger partial charge on any atom is 0.106 e. The summed E-state index contributed by atoms with van der Waals surface area (Å²) in [6.07, 6.45) is 3.86. The molecule has 0 saturated heterocycles. The summed E-state index contributed by atoms with van der Waals surface area (Å²) in [5.74, 6) is 1.58. The zero-order chi connectivity index (χ0) is 9.84. The summed E-state index contributed by atoms with van der Waals surface area (Å²) < 4.78 is 0. The number of imidazole rings is 1. The summed E-state index contributed by atoms with van der Waals surface area (Å²) in [5, 5.41) is 0. The Bertz CT molecular complexity index is 250. The van der Waals surface area contributed by atoms with Crippen LogP contribution in [0.25, 0.3) is 0 Å². The number of nitrogens with two attached hydrogens (primary N) is 1. The Hall–Kier alpha value is -0.830. The standard InChI is InChI=1S/C10H19N3/c1-7(2)9-6-12-10(13-9)5-4-8(3)11/h6-8H,4-5,11H2,1-3H3,(H,12,13). The topological polar surface area (TPSA) is 54.7 Å². The van der Waals surface area contributed by atoms with Gasteiger partial charge in [-0.15, -0.1) is 0 Å². The third kappa shape index (κ3) is 3.19. The van der Waals surface area contributed by atoms with Gasteiger partial charge < -0.3 is 10.7 Å². The van der Waals surface area contributed by atoms with Crippen molar-refractivity contribution in [3.8, 4) is 0 Å². The molecular formula is C10H19N3. The first-order chi connectivity index (χ1) is 6.09. The minimum absolute atomic E-state index is 0.257. The highest BCUT2D eigenvalue weighted by molar-refractivity contribution is 5.05. The van der Waals surface area contributed by atoms with Gasteiger partial charge in [0.1, 0.15) is 5.82 Å². The Morgan fingerprint density at radius 1 is 1.46 bits per heavy atom. The Kier molecular flexibility index (Phi) is 3.48. The summed E-state index contributed by atoms with van der Waals surface area (Å²) in [5.41, 5.74) is 6.87.